The molecule has 0 saturated carbocycles. The molecule has 0 aliphatic rings. The second-order valence-corrected chi connectivity index (χ2v) is 5.15. The highest BCUT2D eigenvalue weighted by Gasteiger charge is 2.21. The lowest BCUT2D eigenvalue weighted by Crippen LogP contribution is -2.25. The van der Waals surface area contributed by atoms with Crippen molar-refractivity contribution in [3.05, 3.63) is 64.2 Å². The van der Waals surface area contributed by atoms with E-state index in [1.54, 1.807) is 12.3 Å². The summed E-state index contributed by atoms with van der Waals surface area (Å²) in [5, 5.41) is 3.38. The molecule has 2 rings (SSSR count). The highest BCUT2D eigenvalue weighted by atomic mass is 19.1. The van der Waals surface area contributed by atoms with Crippen LogP contribution in [0.25, 0.3) is 0 Å². The second-order valence-electron chi connectivity index (χ2n) is 5.15. The number of nitrogens with zero attached hydrogens (tertiary/aromatic N) is 1. The maximum Gasteiger partial charge on any atom is 0.128 e. The van der Waals surface area contributed by atoms with E-state index in [2.05, 4.69) is 10.3 Å². The molecule has 2 nitrogen and oxygen atoms in total. The minimum atomic E-state index is -0.158. The number of hydrogen-bond acceptors (Lipinski definition) is 2. The third-order valence-electron chi connectivity index (χ3n) is 3.54. The zero-order chi connectivity index (χ0) is 14.7. The van der Waals surface area contributed by atoms with Gasteiger partial charge in [-0.25, -0.2) is 4.39 Å². The van der Waals surface area contributed by atoms with Crippen molar-refractivity contribution in [3.63, 3.8) is 0 Å². The van der Waals surface area contributed by atoms with Crippen LogP contribution < -0.4 is 5.32 Å². The molecule has 0 radical (unpaired) electrons. The van der Waals surface area contributed by atoms with E-state index in [0.29, 0.717) is 5.56 Å². The van der Waals surface area contributed by atoms with E-state index in [-0.39, 0.29) is 11.9 Å². The van der Waals surface area contributed by atoms with Gasteiger partial charge in [-0.05, 0) is 56.1 Å². The van der Waals surface area contributed by atoms with Crippen LogP contribution in [-0.2, 0) is 0 Å². The van der Waals surface area contributed by atoms with Crippen molar-refractivity contribution in [1.29, 1.82) is 0 Å². The first kappa shape index (κ1) is 14.7. The van der Waals surface area contributed by atoms with E-state index in [1.807, 2.05) is 45.9 Å². The number of benzene rings is 1. The van der Waals surface area contributed by atoms with E-state index in [4.69, 9.17) is 0 Å². The molecule has 1 unspecified atom stereocenters. The van der Waals surface area contributed by atoms with Gasteiger partial charge in [0.25, 0.3) is 0 Å². The molecule has 0 aliphatic heterocycles. The Morgan fingerprint density at radius 1 is 1.25 bits per heavy atom. The molecule has 0 bridgehead atoms. The summed E-state index contributed by atoms with van der Waals surface area (Å²) >= 11 is 0. The topological polar surface area (TPSA) is 24.9 Å². The first-order valence-corrected chi connectivity index (χ1v) is 6.96. The Morgan fingerprint density at radius 3 is 2.60 bits per heavy atom. The number of nitrogens with one attached hydrogen (secondary N) is 1. The SMILES string of the molecule is CCNC(c1cccnc1C)c1c(C)cc(C)cc1F. The molecule has 1 aromatic heterocycles. The van der Waals surface area contributed by atoms with Gasteiger partial charge in [0.2, 0.25) is 0 Å². The van der Waals surface area contributed by atoms with Crippen molar-refractivity contribution in [2.45, 2.75) is 33.7 Å². The van der Waals surface area contributed by atoms with Crippen molar-refractivity contribution in [2.75, 3.05) is 6.54 Å². The second kappa shape index (κ2) is 6.14. The zero-order valence-corrected chi connectivity index (χ0v) is 12.5. The maximum atomic E-state index is 14.4. The molecule has 0 aliphatic carbocycles. The molecular weight excluding hydrogens is 251 g/mol. The standard InChI is InChI=1S/C17H21FN2/c1-5-19-17(14-7-6-8-20-13(14)4)16-12(3)9-11(2)10-15(16)18/h6-10,17,19H,5H2,1-4H3. The van der Waals surface area contributed by atoms with Crippen LogP contribution in [0.1, 0.15) is 40.9 Å². The van der Waals surface area contributed by atoms with Gasteiger partial charge in [0.05, 0.1) is 6.04 Å². The van der Waals surface area contributed by atoms with Crippen LogP contribution in [0.5, 0.6) is 0 Å². The smallest absolute Gasteiger partial charge is 0.128 e. The fourth-order valence-electron chi connectivity index (χ4n) is 2.67. The first-order valence-electron chi connectivity index (χ1n) is 6.96. The Bertz CT molecular complexity index is 585. The Hall–Kier alpha value is -1.74. The van der Waals surface area contributed by atoms with Crippen LogP contribution in [0.3, 0.4) is 0 Å². The first-order chi connectivity index (χ1) is 9.54. The summed E-state index contributed by atoms with van der Waals surface area (Å²) in [4.78, 5) is 4.32. The molecule has 3 heteroatoms. The third kappa shape index (κ3) is 2.88. The molecule has 0 saturated heterocycles. The Kier molecular flexibility index (Phi) is 4.50. The molecule has 1 aromatic carbocycles. The average molecular weight is 272 g/mol. The summed E-state index contributed by atoms with van der Waals surface area (Å²) in [7, 11) is 0. The molecule has 1 heterocycles. The van der Waals surface area contributed by atoms with Gasteiger partial charge in [0, 0.05) is 17.5 Å². The van der Waals surface area contributed by atoms with Gasteiger partial charge in [-0.1, -0.05) is 19.1 Å². The van der Waals surface area contributed by atoms with E-state index < -0.39 is 0 Å². The summed E-state index contributed by atoms with van der Waals surface area (Å²) in [6, 6.07) is 7.37. The van der Waals surface area contributed by atoms with E-state index in [9.17, 15) is 4.39 Å². The van der Waals surface area contributed by atoms with Gasteiger partial charge in [-0.3, -0.25) is 4.98 Å². The summed E-state index contributed by atoms with van der Waals surface area (Å²) in [6.07, 6.45) is 1.76. The minimum absolute atomic E-state index is 0.156. The zero-order valence-electron chi connectivity index (χ0n) is 12.5. The van der Waals surface area contributed by atoms with Crippen molar-refractivity contribution in [2.24, 2.45) is 0 Å². The van der Waals surface area contributed by atoms with E-state index >= 15 is 0 Å². The number of aryl methyl sites for hydroxylation is 3. The van der Waals surface area contributed by atoms with Crippen molar-refractivity contribution in [3.8, 4) is 0 Å². The molecular formula is C17H21FN2. The Morgan fingerprint density at radius 2 is 2.00 bits per heavy atom. The lowest BCUT2D eigenvalue weighted by atomic mass is 9.92. The van der Waals surface area contributed by atoms with Crippen LogP contribution in [-0.4, -0.2) is 11.5 Å². The Labute approximate surface area is 120 Å². The van der Waals surface area contributed by atoms with Crippen LogP contribution in [0.2, 0.25) is 0 Å². The van der Waals surface area contributed by atoms with Crippen LogP contribution >= 0.6 is 0 Å². The van der Waals surface area contributed by atoms with Crippen molar-refractivity contribution >= 4 is 0 Å². The Balaban J connectivity index is 2.58. The number of halogens is 1. The van der Waals surface area contributed by atoms with Gasteiger partial charge >= 0.3 is 0 Å². The maximum absolute atomic E-state index is 14.4. The largest absolute Gasteiger partial charge is 0.306 e. The predicted molar refractivity (Wildman–Crippen MR) is 80.4 cm³/mol. The van der Waals surface area contributed by atoms with E-state index in [0.717, 1.165) is 28.9 Å². The minimum Gasteiger partial charge on any atom is -0.306 e. The van der Waals surface area contributed by atoms with Crippen LogP contribution in [0, 0.1) is 26.6 Å². The molecule has 0 spiro atoms. The number of hydrogen-bond donors (Lipinski definition) is 1. The number of pyridine rings is 1. The molecule has 20 heavy (non-hydrogen) atoms. The normalized spacial score (nSPS) is 12.4. The fraction of sp³-hybridized carbons (Fsp3) is 0.353. The van der Waals surface area contributed by atoms with Gasteiger partial charge in [0.15, 0.2) is 0 Å². The molecule has 0 fully saturated rings. The van der Waals surface area contributed by atoms with Crippen molar-refractivity contribution in [1.82, 2.24) is 10.3 Å². The molecule has 106 valence electrons. The van der Waals surface area contributed by atoms with Crippen LogP contribution in [0.4, 0.5) is 4.39 Å². The summed E-state index contributed by atoms with van der Waals surface area (Å²) in [5.41, 5.74) is 4.59. The highest BCUT2D eigenvalue weighted by molar-refractivity contribution is 5.41. The molecule has 2 aromatic rings. The molecule has 1 atom stereocenters. The molecule has 0 amide bonds. The molecule has 1 N–H and O–H groups in total. The van der Waals surface area contributed by atoms with Gasteiger partial charge in [-0.15, -0.1) is 0 Å². The predicted octanol–water partition coefficient (Wildman–Crippen LogP) is 3.84. The number of rotatable bonds is 4. The van der Waals surface area contributed by atoms with Gasteiger partial charge < -0.3 is 5.32 Å². The van der Waals surface area contributed by atoms with Crippen LogP contribution in [0.15, 0.2) is 30.5 Å². The summed E-state index contributed by atoms with van der Waals surface area (Å²) in [5.74, 6) is -0.156. The lowest BCUT2D eigenvalue weighted by Gasteiger charge is -2.23. The van der Waals surface area contributed by atoms with Gasteiger partial charge in [0.1, 0.15) is 5.82 Å². The fourth-order valence-corrected chi connectivity index (χ4v) is 2.67. The average Bonchev–Trinajstić information content (AvgIpc) is 2.37. The highest BCUT2D eigenvalue weighted by Crippen LogP contribution is 2.29. The quantitative estimate of drug-likeness (QED) is 0.914. The van der Waals surface area contributed by atoms with E-state index in [1.165, 1.54) is 0 Å². The summed E-state index contributed by atoms with van der Waals surface area (Å²) < 4.78 is 14.4. The van der Waals surface area contributed by atoms with Crippen molar-refractivity contribution < 1.29 is 4.39 Å². The summed E-state index contributed by atoms with van der Waals surface area (Å²) in [6.45, 7) is 8.63. The third-order valence-corrected chi connectivity index (χ3v) is 3.54. The monoisotopic (exact) mass is 272 g/mol. The number of aromatic nitrogens is 1. The van der Waals surface area contributed by atoms with Gasteiger partial charge in [-0.2, -0.15) is 0 Å². The lowest BCUT2D eigenvalue weighted by molar-refractivity contribution is 0.553.